The molecule has 0 amide bonds. The third kappa shape index (κ3) is 1.92. The summed E-state index contributed by atoms with van der Waals surface area (Å²) >= 11 is 0. The molecule has 2 saturated carbocycles. The first-order valence-electron chi connectivity index (χ1n) is 6.79. The topological polar surface area (TPSA) is 17.1 Å². The Labute approximate surface area is 103 Å². The van der Waals surface area contributed by atoms with Crippen LogP contribution in [0.25, 0.3) is 0 Å². The van der Waals surface area contributed by atoms with E-state index in [2.05, 4.69) is 32.0 Å². The van der Waals surface area contributed by atoms with E-state index in [9.17, 15) is 4.79 Å². The summed E-state index contributed by atoms with van der Waals surface area (Å²) in [6.07, 6.45) is 5.23. The second-order valence-corrected chi connectivity index (χ2v) is 5.88. The van der Waals surface area contributed by atoms with E-state index in [1.54, 1.807) is 0 Å². The molecule has 0 N–H and O–H groups in total. The number of carbonyl (C=O) groups is 1. The highest BCUT2D eigenvalue weighted by Gasteiger charge is 2.54. The Bertz CT molecular complexity index is 428. The van der Waals surface area contributed by atoms with Crippen molar-refractivity contribution in [1.82, 2.24) is 0 Å². The molecule has 0 saturated heterocycles. The predicted octanol–water partition coefficient (Wildman–Crippen LogP) is 3.92. The predicted molar refractivity (Wildman–Crippen MR) is 69.2 cm³/mol. The number of benzene rings is 1. The SMILES string of the molecule is Cc1cc(C)cc(C(=O)C2C3CCCCC32)c1. The van der Waals surface area contributed by atoms with Crippen molar-refractivity contribution in [2.75, 3.05) is 0 Å². The molecular formula is C16H20O. The van der Waals surface area contributed by atoms with Gasteiger partial charge in [0.2, 0.25) is 0 Å². The van der Waals surface area contributed by atoms with Crippen LogP contribution in [0.1, 0.15) is 47.2 Å². The van der Waals surface area contributed by atoms with Crippen LogP contribution < -0.4 is 0 Å². The van der Waals surface area contributed by atoms with Crippen molar-refractivity contribution in [2.24, 2.45) is 17.8 Å². The van der Waals surface area contributed by atoms with Crippen molar-refractivity contribution in [3.05, 3.63) is 34.9 Å². The Balaban J connectivity index is 1.82. The third-order valence-corrected chi connectivity index (χ3v) is 4.47. The maximum atomic E-state index is 12.5. The van der Waals surface area contributed by atoms with E-state index in [0.717, 1.165) is 17.4 Å². The van der Waals surface area contributed by atoms with Gasteiger partial charge in [0.05, 0.1) is 0 Å². The first-order valence-corrected chi connectivity index (χ1v) is 6.79. The lowest BCUT2D eigenvalue weighted by atomic mass is 10.0. The highest BCUT2D eigenvalue weighted by molar-refractivity contribution is 6.00. The van der Waals surface area contributed by atoms with Gasteiger partial charge in [-0.2, -0.15) is 0 Å². The number of ketones is 1. The highest BCUT2D eigenvalue weighted by atomic mass is 16.1. The van der Waals surface area contributed by atoms with E-state index >= 15 is 0 Å². The molecule has 17 heavy (non-hydrogen) atoms. The number of Topliss-reactive ketones (excluding diaryl/α,β-unsaturated/α-hetero) is 1. The molecule has 1 aromatic carbocycles. The van der Waals surface area contributed by atoms with Crippen LogP contribution >= 0.6 is 0 Å². The largest absolute Gasteiger partial charge is 0.294 e. The molecule has 2 fully saturated rings. The minimum Gasteiger partial charge on any atom is -0.294 e. The number of hydrogen-bond acceptors (Lipinski definition) is 1. The van der Waals surface area contributed by atoms with Gasteiger partial charge >= 0.3 is 0 Å². The van der Waals surface area contributed by atoms with E-state index in [4.69, 9.17) is 0 Å². The van der Waals surface area contributed by atoms with Crippen LogP contribution in [0.4, 0.5) is 0 Å². The first kappa shape index (κ1) is 11.0. The van der Waals surface area contributed by atoms with Crippen LogP contribution in [-0.2, 0) is 0 Å². The standard InChI is InChI=1S/C16H20O/c1-10-7-11(2)9-12(8-10)16(17)15-13-5-3-4-6-14(13)15/h7-9,13-15H,3-6H2,1-2H3. The molecule has 3 rings (SSSR count). The quantitative estimate of drug-likeness (QED) is 0.701. The zero-order chi connectivity index (χ0) is 12.0. The Kier molecular flexibility index (Phi) is 2.57. The summed E-state index contributed by atoms with van der Waals surface area (Å²) in [6.45, 7) is 4.15. The fourth-order valence-electron chi connectivity index (χ4n) is 3.69. The molecule has 2 unspecified atom stereocenters. The molecule has 1 aromatic rings. The molecule has 2 atom stereocenters. The fourth-order valence-corrected chi connectivity index (χ4v) is 3.69. The summed E-state index contributed by atoms with van der Waals surface area (Å²) in [6, 6.07) is 6.25. The average Bonchev–Trinajstić information content (AvgIpc) is 3.00. The molecule has 2 aliphatic rings. The van der Waals surface area contributed by atoms with Gasteiger partial charge in [0.1, 0.15) is 0 Å². The second-order valence-electron chi connectivity index (χ2n) is 5.88. The smallest absolute Gasteiger partial charge is 0.166 e. The molecule has 1 heteroatoms. The molecular weight excluding hydrogens is 208 g/mol. The number of rotatable bonds is 2. The Hall–Kier alpha value is -1.11. The highest BCUT2D eigenvalue weighted by Crippen LogP contribution is 2.56. The molecule has 0 spiro atoms. The van der Waals surface area contributed by atoms with Crippen LogP contribution in [0.5, 0.6) is 0 Å². The van der Waals surface area contributed by atoms with Gasteiger partial charge in [-0.25, -0.2) is 0 Å². The second kappa shape index (κ2) is 3.97. The zero-order valence-electron chi connectivity index (χ0n) is 10.7. The van der Waals surface area contributed by atoms with Crippen molar-refractivity contribution >= 4 is 5.78 Å². The van der Waals surface area contributed by atoms with Crippen molar-refractivity contribution in [3.8, 4) is 0 Å². The van der Waals surface area contributed by atoms with Gasteiger partial charge in [-0.3, -0.25) is 4.79 Å². The van der Waals surface area contributed by atoms with Gasteiger partial charge in [-0.1, -0.05) is 30.0 Å². The number of carbonyl (C=O) groups excluding carboxylic acids is 1. The lowest BCUT2D eigenvalue weighted by Gasteiger charge is -2.04. The van der Waals surface area contributed by atoms with E-state index in [0.29, 0.717) is 11.7 Å². The van der Waals surface area contributed by atoms with E-state index in [-0.39, 0.29) is 0 Å². The maximum absolute atomic E-state index is 12.5. The number of hydrogen-bond donors (Lipinski definition) is 0. The normalized spacial score (nSPS) is 30.8. The van der Waals surface area contributed by atoms with Crippen LogP contribution in [0.15, 0.2) is 18.2 Å². The Morgan fingerprint density at radius 1 is 1.00 bits per heavy atom. The van der Waals surface area contributed by atoms with Gasteiger partial charge in [-0.05, 0) is 50.7 Å². The molecule has 1 nitrogen and oxygen atoms in total. The summed E-state index contributed by atoms with van der Waals surface area (Å²) in [5, 5.41) is 0. The van der Waals surface area contributed by atoms with Gasteiger partial charge in [0.15, 0.2) is 5.78 Å². The fraction of sp³-hybridized carbons (Fsp3) is 0.562. The van der Waals surface area contributed by atoms with Gasteiger partial charge < -0.3 is 0 Å². The van der Waals surface area contributed by atoms with Crippen molar-refractivity contribution in [1.29, 1.82) is 0 Å². The zero-order valence-corrected chi connectivity index (χ0v) is 10.7. The summed E-state index contributed by atoms with van der Waals surface area (Å²) in [7, 11) is 0. The minimum absolute atomic E-state index is 0.360. The third-order valence-electron chi connectivity index (χ3n) is 4.47. The van der Waals surface area contributed by atoms with Crippen molar-refractivity contribution < 1.29 is 4.79 Å². The van der Waals surface area contributed by atoms with Crippen molar-refractivity contribution in [3.63, 3.8) is 0 Å². The van der Waals surface area contributed by atoms with E-state index < -0.39 is 0 Å². The van der Waals surface area contributed by atoms with E-state index in [1.807, 2.05) is 0 Å². The van der Waals surface area contributed by atoms with E-state index in [1.165, 1.54) is 36.8 Å². The average molecular weight is 228 g/mol. The maximum Gasteiger partial charge on any atom is 0.166 e. The lowest BCUT2D eigenvalue weighted by Crippen LogP contribution is -2.05. The molecule has 90 valence electrons. The summed E-state index contributed by atoms with van der Waals surface area (Å²) < 4.78 is 0. The molecule has 0 aliphatic heterocycles. The monoisotopic (exact) mass is 228 g/mol. The van der Waals surface area contributed by atoms with Gasteiger partial charge in [0.25, 0.3) is 0 Å². The molecule has 0 aromatic heterocycles. The van der Waals surface area contributed by atoms with Crippen LogP contribution in [-0.4, -0.2) is 5.78 Å². The van der Waals surface area contributed by atoms with Gasteiger partial charge in [-0.15, -0.1) is 0 Å². The van der Waals surface area contributed by atoms with Crippen molar-refractivity contribution in [2.45, 2.75) is 39.5 Å². The van der Waals surface area contributed by atoms with Crippen LogP contribution in [0, 0.1) is 31.6 Å². The minimum atomic E-state index is 0.360. The number of aryl methyl sites for hydroxylation is 2. The molecule has 0 heterocycles. The summed E-state index contributed by atoms with van der Waals surface area (Å²) in [5.74, 6) is 2.21. The van der Waals surface area contributed by atoms with Crippen LogP contribution in [0.2, 0.25) is 0 Å². The Morgan fingerprint density at radius 3 is 2.06 bits per heavy atom. The Morgan fingerprint density at radius 2 is 1.53 bits per heavy atom. The number of fused-ring (bicyclic) bond motifs is 1. The molecule has 0 bridgehead atoms. The molecule has 2 aliphatic carbocycles. The summed E-state index contributed by atoms with van der Waals surface area (Å²) in [5.41, 5.74) is 3.36. The first-order chi connectivity index (χ1) is 8.16. The summed E-state index contributed by atoms with van der Waals surface area (Å²) in [4.78, 5) is 12.5. The van der Waals surface area contributed by atoms with Crippen LogP contribution in [0.3, 0.4) is 0 Å². The lowest BCUT2D eigenvalue weighted by molar-refractivity contribution is 0.0956. The van der Waals surface area contributed by atoms with Gasteiger partial charge in [0, 0.05) is 11.5 Å². The molecule has 0 radical (unpaired) electrons.